The minimum atomic E-state index is -0.591. The van der Waals surface area contributed by atoms with Crippen molar-refractivity contribution in [2.24, 2.45) is 0 Å². The van der Waals surface area contributed by atoms with Gasteiger partial charge in [-0.1, -0.05) is 41.9 Å². The van der Waals surface area contributed by atoms with Gasteiger partial charge in [0.2, 0.25) is 5.89 Å². The molecule has 0 aliphatic rings. The normalized spacial score (nSPS) is 10.3. The second-order valence-corrected chi connectivity index (χ2v) is 5.77. The van der Waals surface area contributed by atoms with Crippen molar-refractivity contribution in [3.8, 4) is 11.3 Å². The molecular weight excluding hydrogens is 356 g/mol. The monoisotopic (exact) mass is 370 g/mol. The van der Waals surface area contributed by atoms with E-state index in [0.717, 1.165) is 5.56 Å². The number of hydrogen-bond donors (Lipinski definition) is 1. The van der Waals surface area contributed by atoms with Gasteiger partial charge in [0.1, 0.15) is 6.54 Å². The van der Waals surface area contributed by atoms with Crippen LogP contribution in [0.25, 0.3) is 11.3 Å². The molecule has 0 aliphatic carbocycles. The van der Waals surface area contributed by atoms with E-state index in [1.165, 1.54) is 0 Å². The van der Waals surface area contributed by atoms with Gasteiger partial charge in [0, 0.05) is 16.1 Å². The van der Waals surface area contributed by atoms with Crippen molar-refractivity contribution in [2.45, 2.75) is 6.61 Å². The van der Waals surface area contributed by atoms with Gasteiger partial charge in [-0.25, -0.2) is 4.98 Å². The van der Waals surface area contributed by atoms with Crippen LogP contribution in [0.4, 0.5) is 0 Å². The molecule has 0 saturated carbocycles. The van der Waals surface area contributed by atoms with E-state index >= 15 is 0 Å². The summed E-state index contributed by atoms with van der Waals surface area (Å²) in [6.45, 7) is -0.365. The average molecular weight is 371 g/mol. The molecule has 1 aromatic heterocycles. The Bertz CT molecular complexity index is 891. The van der Waals surface area contributed by atoms with Gasteiger partial charge in [0.25, 0.3) is 5.91 Å². The van der Waals surface area contributed by atoms with Gasteiger partial charge >= 0.3 is 5.97 Å². The van der Waals surface area contributed by atoms with Crippen molar-refractivity contribution in [1.82, 2.24) is 10.3 Å². The lowest BCUT2D eigenvalue weighted by Crippen LogP contribution is -2.30. The van der Waals surface area contributed by atoms with Crippen LogP contribution in [0.5, 0.6) is 0 Å². The number of halogens is 1. The van der Waals surface area contributed by atoms with Crippen LogP contribution >= 0.6 is 11.6 Å². The minimum absolute atomic E-state index is 0.109. The highest BCUT2D eigenvalue weighted by Crippen LogP contribution is 2.19. The number of benzene rings is 2. The second-order valence-electron chi connectivity index (χ2n) is 5.33. The number of nitrogens with one attached hydrogen (secondary N) is 1. The standard InChI is InChI=1S/C19H15ClN2O4/c20-15-8-6-14(7-9-15)19(24)22-11-18(23)25-12-17-21-10-16(26-17)13-4-2-1-3-5-13/h1-10H,11-12H2,(H,22,24). The van der Waals surface area contributed by atoms with Crippen molar-refractivity contribution >= 4 is 23.5 Å². The van der Waals surface area contributed by atoms with Crippen LogP contribution in [-0.2, 0) is 16.1 Å². The van der Waals surface area contributed by atoms with Crippen LogP contribution in [0.1, 0.15) is 16.2 Å². The molecule has 3 aromatic rings. The molecule has 0 unspecified atom stereocenters. The molecule has 0 bridgehead atoms. The Balaban J connectivity index is 1.46. The number of carbonyl (C=O) groups excluding carboxylic acids is 2. The van der Waals surface area contributed by atoms with E-state index in [2.05, 4.69) is 10.3 Å². The lowest BCUT2D eigenvalue weighted by atomic mass is 10.2. The van der Waals surface area contributed by atoms with Gasteiger partial charge in [0.05, 0.1) is 6.20 Å². The van der Waals surface area contributed by atoms with E-state index in [-0.39, 0.29) is 24.9 Å². The molecule has 0 atom stereocenters. The molecule has 6 nitrogen and oxygen atoms in total. The van der Waals surface area contributed by atoms with Crippen LogP contribution in [-0.4, -0.2) is 23.4 Å². The number of ether oxygens (including phenoxy) is 1. The Morgan fingerprint density at radius 2 is 1.81 bits per heavy atom. The van der Waals surface area contributed by atoms with Crippen molar-refractivity contribution in [1.29, 1.82) is 0 Å². The Kier molecular flexibility index (Phi) is 5.66. The fourth-order valence-electron chi connectivity index (χ4n) is 2.16. The summed E-state index contributed by atoms with van der Waals surface area (Å²) < 4.78 is 10.6. The van der Waals surface area contributed by atoms with Crippen LogP contribution < -0.4 is 5.32 Å². The highest BCUT2D eigenvalue weighted by molar-refractivity contribution is 6.30. The zero-order valence-corrected chi connectivity index (χ0v) is 14.4. The first-order valence-corrected chi connectivity index (χ1v) is 8.19. The molecule has 1 heterocycles. The lowest BCUT2D eigenvalue weighted by Gasteiger charge is -2.05. The lowest BCUT2D eigenvalue weighted by molar-refractivity contribution is -0.144. The highest BCUT2D eigenvalue weighted by atomic mass is 35.5. The number of rotatable bonds is 6. The Labute approximate surface area is 154 Å². The van der Waals surface area contributed by atoms with Gasteiger partial charge < -0.3 is 14.5 Å². The summed E-state index contributed by atoms with van der Waals surface area (Å²) in [5, 5.41) is 3.01. The van der Waals surface area contributed by atoms with Crippen LogP contribution in [0.3, 0.4) is 0 Å². The fourth-order valence-corrected chi connectivity index (χ4v) is 2.29. The maximum atomic E-state index is 11.9. The maximum absolute atomic E-state index is 11.9. The topological polar surface area (TPSA) is 81.4 Å². The Hall–Kier alpha value is -3.12. The average Bonchev–Trinajstić information content (AvgIpc) is 3.15. The first kappa shape index (κ1) is 17.7. The van der Waals surface area contributed by atoms with Crippen LogP contribution in [0.15, 0.2) is 65.2 Å². The molecule has 0 radical (unpaired) electrons. The quantitative estimate of drug-likeness (QED) is 0.672. The van der Waals surface area contributed by atoms with Crippen molar-refractivity contribution < 1.29 is 18.7 Å². The largest absolute Gasteiger partial charge is 0.454 e. The van der Waals surface area contributed by atoms with Gasteiger partial charge in [0.15, 0.2) is 12.4 Å². The first-order valence-electron chi connectivity index (χ1n) is 7.81. The van der Waals surface area contributed by atoms with Crippen molar-refractivity contribution in [3.63, 3.8) is 0 Å². The molecule has 1 N–H and O–H groups in total. The van der Waals surface area contributed by atoms with Crippen LogP contribution in [0.2, 0.25) is 5.02 Å². The predicted octanol–water partition coefficient (Wildman–Crippen LogP) is 3.47. The summed E-state index contributed by atoms with van der Waals surface area (Å²) in [4.78, 5) is 27.7. The van der Waals surface area contributed by atoms with Crippen LogP contribution in [0, 0.1) is 0 Å². The molecule has 2 aromatic carbocycles. The van der Waals surface area contributed by atoms with Crippen molar-refractivity contribution in [3.05, 3.63) is 77.3 Å². The summed E-state index contributed by atoms with van der Waals surface area (Å²) in [6.07, 6.45) is 1.57. The van der Waals surface area contributed by atoms with E-state index in [0.29, 0.717) is 16.3 Å². The van der Waals surface area contributed by atoms with E-state index in [1.54, 1.807) is 30.5 Å². The molecular formula is C19H15ClN2O4. The summed E-state index contributed by atoms with van der Waals surface area (Å²) in [5.74, 6) is -0.109. The molecule has 132 valence electrons. The zero-order chi connectivity index (χ0) is 18.4. The molecule has 3 rings (SSSR count). The van der Waals surface area contributed by atoms with E-state index in [1.807, 2.05) is 30.3 Å². The number of esters is 1. The molecule has 0 fully saturated rings. The highest BCUT2D eigenvalue weighted by Gasteiger charge is 2.11. The smallest absolute Gasteiger partial charge is 0.325 e. The van der Waals surface area contributed by atoms with E-state index in [4.69, 9.17) is 20.8 Å². The molecule has 1 amide bonds. The Morgan fingerprint density at radius 3 is 2.54 bits per heavy atom. The van der Waals surface area contributed by atoms with Gasteiger partial charge in [-0.05, 0) is 24.3 Å². The predicted molar refractivity (Wildman–Crippen MR) is 95.5 cm³/mol. The Morgan fingerprint density at radius 1 is 1.08 bits per heavy atom. The SMILES string of the molecule is O=C(CNC(=O)c1ccc(Cl)cc1)OCc1ncc(-c2ccccc2)o1. The number of hydrogen-bond acceptors (Lipinski definition) is 5. The third-order valence-electron chi connectivity index (χ3n) is 3.47. The summed E-state index contributed by atoms with van der Waals surface area (Å²) in [7, 11) is 0. The number of carbonyl (C=O) groups is 2. The van der Waals surface area contributed by atoms with Gasteiger partial charge in [-0.15, -0.1) is 0 Å². The fraction of sp³-hybridized carbons (Fsp3) is 0.105. The molecule has 0 aliphatic heterocycles. The van der Waals surface area contributed by atoms with E-state index < -0.39 is 5.97 Å². The first-order chi connectivity index (χ1) is 12.6. The van der Waals surface area contributed by atoms with Gasteiger partial charge in [-0.2, -0.15) is 0 Å². The summed E-state index contributed by atoms with van der Waals surface area (Å²) in [5.41, 5.74) is 1.29. The number of amides is 1. The zero-order valence-electron chi connectivity index (χ0n) is 13.6. The maximum Gasteiger partial charge on any atom is 0.325 e. The van der Waals surface area contributed by atoms with Gasteiger partial charge in [-0.3, -0.25) is 9.59 Å². The number of nitrogens with zero attached hydrogens (tertiary/aromatic N) is 1. The minimum Gasteiger partial charge on any atom is -0.454 e. The summed E-state index contributed by atoms with van der Waals surface area (Å²) in [6, 6.07) is 15.8. The number of oxazole rings is 1. The number of aromatic nitrogens is 1. The molecule has 26 heavy (non-hydrogen) atoms. The summed E-state index contributed by atoms with van der Waals surface area (Å²) >= 11 is 5.76. The van der Waals surface area contributed by atoms with E-state index in [9.17, 15) is 9.59 Å². The third kappa shape index (κ3) is 4.70. The molecule has 0 saturated heterocycles. The second kappa shape index (κ2) is 8.31. The third-order valence-corrected chi connectivity index (χ3v) is 3.72. The molecule has 7 heteroatoms. The molecule has 0 spiro atoms. The van der Waals surface area contributed by atoms with Crippen molar-refractivity contribution in [2.75, 3.05) is 6.54 Å².